The zero-order valence-electron chi connectivity index (χ0n) is 17.5. The lowest BCUT2D eigenvalue weighted by Crippen LogP contribution is -2.45. The number of ether oxygens (including phenoxy) is 1. The number of nitrogens with one attached hydrogen (secondary N) is 1. The number of carbonyl (C=O) groups is 4. The number of fused-ring (bicyclic) bond motifs is 1. The molecular weight excluding hydrogens is 416 g/mol. The Kier molecular flexibility index (Phi) is 5.76. The zero-order valence-corrected chi connectivity index (χ0v) is 17.5. The van der Waals surface area contributed by atoms with E-state index in [0.29, 0.717) is 30.9 Å². The fourth-order valence-electron chi connectivity index (χ4n) is 3.81. The zero-order chi connectivity index (χ0) is 22.8. The Morgan fingerprint density at radius 3 is 2.38 bits per heavy atom. The molecule has 166 valence electrons. The first-order valence-corrected chi connectivity index (χ1v) is 10.2. The number of nitrogens with zero attached hydrogens (tertiary/aromatic N) is 3. The number of hydrogen-bond donors (Lipinski definition) is 1. The minimum absolute atomic E-state index is 0.187. The third-order valence-electron chi connectivity index (χ3n) is 5.54. The number of carbonyl (C=O) groups excluding carboxylic acids is 4. The summed E-state index contributed by atoms with van der Waals surface area (Å²) in [7, 11) is 1.41. The summed E-state index contributed by atoms with van der Waals surface area (Å²) in [5, 5.41) is 2.76. The Bertz CT molecular complexity index is 1140. The van der Waals surface area contributed by atoms with Crippen molar-refractivity contribution in [2.24, 2.45) is 0 Å². The predicted octanol–water partition coefficient (Wildman–Crippen LogP) is 0.396. The van der Waals surface area contributed by atoms with Crippen LogP contribution in [0.1, 0.15) is 33.7 Å². The largest absolute Gasteiger partial charge is 0.491 e. The molecule has 3 heterocycles. The molecule has 0 spiro atoms. The number of rotatable bonds is 6. The highest BCUT2D eigenvalue weighted by molar-refractivity contribution is 6.19. The van der Waals surface area contributed by atoms with Gasteiger partial charge in [-0.1, -0.05) is 0 Å². The van der Waals surface area contributed by atoms with Crippen LogP contribution in [-0.4, -0.2) is 59.8 Å². The fraction of sp³-hybridized carbons (Fsp3) is 0.318. The highest BCUT2D eigenvalue weighted by Gasteiger charge is 2.30. The normalized spacial score (nSPS) is 15.7. The van der Waals surface area contributed by atoms with Crippen molar-refractivity contribution in [3.05, 3.63) is 58.0 Å². The molecule has 1 saturated heterocycles. The van der Waals surface area contributed by atoms with Crippen LogP contribution in [0.5, 0.6) is 5.75 Å². The summed E-state index contributed by atoms with van der Waals surface area (Å²) < 4.78 is 6.70. The number of anilines is 1. The van der Waals surface area contributed by atoms with Gasteiger partial charge in [-0.3, -0.25) is 28.9 Å². The second kappa shape index (κ2) is 8.66. The van der Waals surface area contributed by atoms with Crippen molar-refractivity contribution in [2.45, 2.75) is 19.4 Å². The standard InChI is InChI=1S/C22H22N4O6/c1-32-18-13-25-11-10-24(22(31)16(25)12-17(18)27)9-8-23-21(30)14-2-4-15(5-3-14)26-19(28)6-7-20(26)29/h2-5,12-13H,6-11H2,1H3,(H,23,30). The molecule has 4 amide bonds. The van der Waals surface area contributed by atoms with Gasteiger partial charge in [0.1, 0.15) is 5.69 Å². The molecule has 4 rings (SSSR count). The van der Waals surface area contributed by atoms with Crippen LogP contribution in [0.25, 0.3) is 0 Å². The molecule has 1 N–H and O–H groups in total. The minimum Gasteiger partial charge on any atom is -0.491 e. The smallest absolute Gasteiger partial charge is 0.270 e. The van der Waals surface area contributed by atoms with Crippen LogP contribution in [0.3, 0.4) is 0 Å². The summed E-state index contributed by atoms with van der Waals surface area (Å²) in [6, 6.07) is 7.49. The van der Waals surface area contributed by atoms with Gasteiger partial charge in [0, 0.05) is 50.7 Å². The van der Waals surface area contributed by atoms with Gasteiger partial charge in [0.05, 0.1) is 19.0 Å². The van der Waals surface area contributed by atoms with E-state index in [4.69, 9.17) is 4.74 Å². The van der Waals surface area contributed by atoms with Crippen molar-refractivity contribution in [1.82, 2.24) is 14.8 Å². The Balaban J connectivity index is 1.34. The van der Waals surface area contributed by atoms with E-state index in [-0.39, 0.29) is 59.9 Å². The van der Waals surface area contributed by atoms with Crippen LogP contribution in [0, 0.1) is 0 Å². The number of amides is 4. The molecule has 1 aromatic heterocycles. The van der Waals surface area contributed by atoms with E-state index in [1.54, 1.807) is 33.7 Å². The Morgan fingerprint density at radius 2 is 1.72 bits per heavy atom. The van der Waals surface area contributed by atoms with Crippen LogP contribution >= 0.6 is 0 Å². The van der Waals surface area contributed by atoms with Crippen molar-refractivity contribution in [3.63, 3.8) is 0 Å². The Morgan fingerprint density at radius 1 is 1.03 bits per heavy atom. The Hall–Kier alpha value is -3.95. The number of hydrogen-bond acceptors (Lipinski definition) is 6. The maximum Gasteiger partial charge on any atom is 0.270 e. The van der Waals surface area contributed by atoms with E-state index >= 15 is 0 Å². The number of imide groups is 1. The molecule has 0 bridgehead atoms. The Labute approximate surface area is 183 Å². The van der Waals surface area contributed by atoms with Gasteiger partial charge in [0.25, 0.3) is 11.8 Å². The number of aromatic nitrogens is 1. The highest BCUT2D eigenvalue weighted by Crippen LogP contribution is 2.22. The third-order valence-corrected chi connectivity index (χ3v) is 5.54. The van der Waals surface area contributed by atoms with E-state index in [1.807, 2.05) is 0 Å². The fourth-order valence-corrected chi connectivity index (χ4v) is 3.81. The van der Waals surface area contributed by atoms with Crippen LogP contribution in [0.4, 0.5) is 5.69 Å². The molecule has 1 aromatic carbocycles. The minimum atomic E-state index is -0.358. The van der Waals surface area contributed by atoms with Gasteiger partial charge in [-0.2, -0.15) is 0 Å². The molecule has 10 nitrogen and oxygen atoms in total. The molecule has 0 atom stereocenters. The molecule has 0 unspecified atom stereocenters. The molecule has 0 aliphatic carbocycles. The first kappa shape index (κ1) is 21.3. The predicted molar refractivity (Wildman–Crippen MR) is 114 cm³/mol. The van der Waals surface area contributed by atoms with Crippen molar-refractivity contribution in [2.75, 3.05) is 31.6 Å². The quantitative estimate of drug-likeness (QED) is 0.652. The molecule has 2 aromatic rings. The van der Waals surface area contributed by atoms with E-state index in [0.717, 1.165) is 4.90 Å². The molecule has 32 heavy (non-hydrogen) atoms. The van der Waals surface area contributed by atoms with Gasteiger partial charge < -0.3 is 19.5 Å². The molecule has 0 saturated carbocycles. The van der Waals surface area contributed by atoms with Gasteiger partial charge in [0.2, 0.25) is 17.2 Å². The van der Waals surface area contributed by atoms with E-state index in [1.165, 1.54) is 19.4 Å². The summed E-state index contributed by atoms with van der Waals surface area (Å²) in [5.41, 5.74) is 0.748. The van der Waals surface area contributed by atoms with E-state index < -0.39 is 0 Å². The van der Waals surface area contributed by atoms with Crippen LogP contribution < -0.4 is 20.4 Å². The molecule has 2 aliphatic rings. The van der Waals surface area contributed by atoms with Crippen LogP contribution in [-0.2, 0) is 16.1 Å². The van der Waals surface area contributed by atoms with E-state index in [9.17, 15) is 24.0 Å². The lowest BCUT2D eigenvalue weighted by molar-refractivity contribution is -0.121. The lowest BCUT2D eigenvalue weighted by Gasteiger charge is -2.30. The maximum absolute atomic E-state index is 12.7. The topological polar surface area (TPSA) is 118 Å². The summed E-state index contributed by atoms with van der Waals surface area (Å²) in [6.07, 6.45) is 1.92. The van der Waals surface area contributed by atoms with E-state index in [2.05, 4.69) is 5.32 Å². The maximum atomic E-state index is 12.7. The summed E-state index contributed by atoms with van der Waals surface area (Å²) in [6.45, 7) is 1.48. The van der Waals surface area contributed by atoms with Crippen LogP contribution in [0.15, 0.2) is 41.3 Å². The molecular formula is C22H22N4O6. The first-order valence-electron chi connectivity index (χ1n) is 10.2. The average molecular weight is 438 g/mol. The number of pyridine rings is 1. The van der Waals surface area contributed by atoms with Gasteiger partial charge in [-0.05, 0) is 24.3 Å². The number of benzene rings is 1. The van der Waals surface area contributed by atoms with Gasteiger partial charge in [0.15, 0.2) is 5.75 Å². The average Bonchev–Trinajstić information content (AvgIpc) is 3.13. The van der Waals surface area contributed by atoms with Crippen molar-refractivity contribution in [3.8, 4) is 5.75 Å². The molecule has 10 heteroatoms. The van der Waals surface area contributed by atoms with Gasteiger partial charge in [-0.25, -0.2) is 0 Å². The monoisotopic (exact) mass is 438 g/mol. The van der Waals surface area contributed by atoms with Crippen molar-refractivity contribution < 1.29 is 23.9 Å². The van der Waals surface area contributed by atoms with Crippen molar-refractivity contribution >= 4 is 29.3 Å². The number of methoxy groups -OCH3 is 1. The lowest BCUT2D eigenvalue weighted by atomic mass is 10.2. The van der Waals surface area contributed by atoms with Crippen molar-refractivity contribution in [1.29, 1.82) is 0 Å². The highest BCUT2D eigenvalue weighted by atomic mass is 16.5. The van der Waals surface area contributed by atoms with Gasteiger partial charge >= 0.3 is 0 Å². The SMILES string of the molecule is COc1cn2c(cc1=O)C(=O)N(CCNC(=O)c1ccc(N3C(=O)CCC3=O)cc1)CC2. The third kappa shape index (κ3) is 3.98. The molecule has 1 fully saturated rings. The van der Waals surface area contributed by atoms with Gasteiger partial charge in [-0.15, -0.1) is 0 Å². The summed E-state index contributed by atoms with van der Waals surface area (Å²) >= 11 is 0. The summed E-state index contributed by atoms with van der Waals surface area (Å²) in [5.74, 6) is -0.927. The second-order valence-electron chi connectivity index (χ2n) is 7.50. The van der Waals surface area contributed by atoms with Crippen LogP contribution in [0.2, 0.25) is 0 Å². The first-order chi connectivity index (χ1) is 15.4. The summed E-state index contributed by atoms with van der Waals surface area (Å²) in [4.78, 5) is 63.4. The molecule has 2 aliphatic heterocycles. The second-order valence-corrected chi connectivity index (χ2v) is 7.50. The molecule has 0 radical (unpaired) electrons.